The van der Waals surface area contributed by atoms with Crippen LogP contribution >= 0.6 is 23.1 Å². The maximum atomic E-state index is 14.2. The quantitative estimate of drug-likeness (QED) is 0.390. The molecule has 0 N–H and O–H groups in total. The molecule has 0 aliphatic heterocycles. The van der Waals surface area contributed by atoms with E-state index in [1.807, 2.05) is 41.8 Å². The lowest BCUT2D eigenvalue weighted by molar-refractivity contribution is -0.115. The number of halogens is 1. The minimum atomic E-state index is -0.454. The van der Waals surface area contributed by atoms with E-state index in [-0.39, 0.29) is 11.6 Å². The Morgan fingerprint density at radius 3 is 2.68 bits per heavy atom. The van der Waals surface area contributed by atoms with Crippen LogP contribution in [0.3, 0.4) is 0 Å². The van der Waals surface area contributed by atoms with E-state index in [1.54, 1.807) is 30.0 Å². The third kappa shape index (κ3) is 3.90. The smallest absolute Gasteiger partial charge is 0.230 e. The summed E-state index contributed by atoms with van der Waals surface area (Å²) in [5.74, 6) is -0.121. The summed E-state index contributed by atoms with van der Waals surface area (Å²) in [6.07, 6.45) is 0. The Morgan fingerprint density at radius 2 is 1.86 bits per heavy atom. The van der Waals surface area contributed by atoms with Gasteiger partial charge in [-0.3, -0.25) is 9.69 Å². The fourth-order valence-electron chi connectivity index (χ4n) is 2.78. The van der Waals surface area contributed by atoms with Gasteiger partial charge >= 0.3 is 0 Å². The minimum absolute atomic E-state index is 0.208. The van der Waals surface area contributed by atoms with Gasteiger partial charge in [0.25, 0.3) is 0 Å². The summed E-state index contributed by atoms with van der Waals surface area (Å²) >= 11 is 2.90. The lowest BCUT2D eigenvalue weighted by Gasteiger charge is -2.18. The van der Waals surface area contributed by atoms with E-state index in [2.05, 4.69) is 9.97 Å². The van der Waals surface area contributed by atoms with E-state index in [0.29, 0.717) is 10.9 Å². The van der Waals surface area contributed by atoms with Gasteiger partial charge in [0.15, 0.2) is 5.13 Å². The van der Waals surface area contributed by atoms with Crippen molar-refractivity contribution in [2.45, 2.75) is 17.7 Å². The zero-order chi connectivity index (χ0) is 19.5. The summed E-state index contributed by atoms with van der Waals surface area (Å²) in [6.45, 7) is 1.40. The van der Waals surface area contributed by atoms with Crippen LogP contribution in [0.25, 0.3) is 10.9 Å². The molecule has 0 spiro atoms. The number of amides is 1. The van der Waals surface area contributed by atoms with Crippen molar-refractivity contribution in [3.8, 4) is 0 Å². The van der Waals surface area contributed by atoms with Crippen molar-refractivity contribution < 1.29 is 9.18 Å². The van der Waals surface area contributed by atoms with Crippen molar-refractivity contribution in [2.75, 3.05) is 4.90 Å². The molecule has 0 unspecified atom stereocenters. The Morgan fingerprint density at radius 1 is 1.07 bits per heavy atom. The lowest BCUT2D eigenvalue weighted by atomic mass is 10.2. The molecule has 2 aromatic heterocycles. The number of thioether (sulfide) groups is 1. The fraction of sp³-hybridized carbons (Fsp3) is 0.0952. The van der Waals surface area contributed by atoms with Crippen molar-refractivity contribution in [1.29, 1.82) is 0 Å². The van der Waals surface area contributed by atoms with Gasteiger partial charge in [-0.1, -0.05) is 48.2 Å². The predicted molar refractivity (Wildman–Crippen MR) is 113 cm³/mol. The SMILES string of the molecule is CC(=O)N(c1nc(CSc2ccc3ccccc3n2)cs1)c1ccccc1F. The van der Waals surface area contributed by atoms with Crippen LogP contribution in [0.15, 0.2) is 71.1 Å². The van der Waals surface area contributed by atoms with Gasteiger partial charge in [0.1, 0.15) is 5.82 Å². The largest absolute Gasteiger partial charge is 0.274 e. The number of carbonyl (C=O) groups excluding carboxylic acids is 1. The number of carbonyl (C=O) groups is 1. The average Bonchev–Trinajstić information content (AvgIpc) is 3.16. The summed E-state index contributed by atoms with van der Waals surface area (Å²) in [7, 11) is 0. The molecule has 0 fully saturated rings. The Kier molecular flexibility index (Phi) is 5.36. The molecule has 140 valence electrons. The standard InChI is InChI=1S/C21H16FN3OS2/c1-14(26)25(19-9-5-3-7-17(19)22)21-23-16(13-28-21)12-27-20-11-10-15-6-2-4-8-18(15)24-20/h2-11,13H,12H2,1H3. The van der Waals surface area contributed by atoms with E-state index in [9.17, 15) is 9.18 Å². The third-order valence-electron chi connectivity index (χ3n) is 4.08. The molecule has 2 aromatic carbocycles. The molecule has 0 radical (unpaired) electrons. The number of hydrogen-bond acceptors (Lipinski definition) is 5. The van der Waals surface area contributed by atoms with Crippen LogP contribution < -0.4 is 4.90 Å². The molecule has 1 amide bonds. The number of aromatic nitrogens is 2. The zero-order valence-corrected chi connectivity index (χ0v) is 16.6. The minimum Gasteiger partial charge on any atom is -0.274 e. The fourth-order valence-corrected chi connectivity index (χ4v) is 4.54. The van der Waals surface area contributed by atoms with E-state index in [1.165, 1.54) is 29.2 Å². The summed E-state index contributed by atoms with van der Waals surface area (Å²) in [4.78, 5) is 22.6. The van der Waals surface area contributed by atoms with Gasteiger partial charge in [-0.25, -0.2) is 14.4 Å². The van der Waals surface area contributed by atoms with Gasteiger partial charge in [-0.2, -0.15) is 0 Å². The lowest BCUT2D eigenvalue weighted by Crippen LogP contribution is -2.23. The first-order valence-corrected chi connectivity index (χ1v) is 10.5. The van der Waals surface area contributed by atoms with Gasteiger partial charge in [-0.05, 0) is 24.3 Å². The van der Waals surface area contributed by atoms with Crippen LogP contribution in [-0.2, 0) is 10.5 Å². The number of pyridine rings is 1. The summed E-state index contributed by atoms with van der Waals surface area (Å²) in [5, 5.41) is 4.36. The molecule has 7 heteroatoms. The van der Waals surface area contributed by atoms with Gasteiger partial charge in [0.05, 0.1) is 21.9 Å². The number of hydrogen-bond donors (Lipinski definition) is 0. The highest BCUT2D eigenvalue weighted by molar-refractivity contribution is 7.98. The molecular formula is C21H16FN3OS2. The zero-order valence-electron chi connectivity index (χ0n) is 15.0. The molecule has 0 aliphatic carbocycles. The summed E-state index contributed by atoms with van der Waals surface area (Å²) < 4.78 is 14.2. The van der Waals surface area contributed by atoms with Crippen LogP contribution in [0.5, 0.6) is 0 Å². The van der Waals surface area contributed by atoms with Gasteiger partial charge in [-0.15, -0.1) is 11.3 Å². The number of thiazole rings is 1. The van der Waals surface area contributed by atoms with Crippen LogP contribution in [0.2, 0.25) is 0 Å². The maximum Gasteiger partial charge on any atom is 0.230 e. The van der Waals surface area contributed by atoms with E-state index in [4.69, 9.17) is 0 Å². The summed E-state index contributed by atoms with van der Waals surface area (Å²) in [6, 6.07) is 18.2. The number of anilines is 2. The molecule has 4 nitrogen and oxygen atoms in total. The molecule has 0 saturated heterocycles. The Bertz CT molecular complexity index is 1150. The molecule has 4 rings (SSSR count). The van der Waals surface area contributed by atoms with Crippen molar-refractivity contribution in [1.82, 2.24) is 9.97 Å². The van der Waals surface area contributed by atoms with Gasteiger partial charge in [0.2, 0.25) is 5.91 Å². The number of nitrogens with zero attached hydrogens (tertiary/aromatic N) is 3. The van der Waals surface area contributed by atoms with Crippen LogP contribution in [0.4, 0.5) is 15.2 Å². The Hall–Kier alpha value is -2.77. The molecule has 4 aromatic rings. The normalized spacial score (nSPS) is 10.9. The average molecular weight is 410 g/mol. The Balaban J connectivity index is 1.53. The van der Waals surface area contributed by atoms with Crippen molar-refractivity contribution in [3.05, 3.63) is 77.6 Å². The molecule has 2 heterocycles. The van der Waals surface area contributed by atoms with Gasteiger partial charge in [0, 0.05) is 23.4 Å². The van der Waals surface area contributed by atoms with Crippen molar-refractivity contribution >= 4 is 50.7 Å². The highest BCUT2D eigenvalue weighted by Crippen LogP contribution is 2.32. The number of fused-ring (bicyclic) bond motifs is 1. The van der Waals surface area contributed by atoms with Crippen LogP contribution in [-0.4, -0.2) is 15.9 Å². The number of rotatable bonds is 5. The van der Waals surface area contributed by atoms with Gasteiger partial charge < -0.3 is 0 Å². The predicted octanol–water partition coefficient (Wildman–Crippen LogP) is 5.81. The van der Waals surface area contributed by atoms with E-state index >= 15 is 0 Å². The molecule has 0 saturated carbocycles. The molecule has 28 heavy (non-hydrogen) atoms. The Labute approximate surface area is 170 Å². The van der Waals surface area contributed by atoms with Crippen LogP contribution in [0.1, 0.15) is 12.6 Å². The highest BCUT2D eigenvalue weighted by atomic mass is 32.2. The first kappa shape index (κ1) is 18.6. The van der Waals surface area contributed by atoms with Crippen molar-refractivity contribution in [3.63, 3.8) is 0 Å². The molecule has 0 bridgehead atoms. The maximum absolute atomic E-state index is 14.2. The summed E-state index contributed by atoms with van der Waals surface area (Å²) in [5.41, 5.74) is 1.98. The first-order valence-electron chi connectivity index (χ1n) is 8.60. The monoisotopic (exact) mass is 409 g/mol. The van der Waals surface area contributed by atoms with Crippen molar-refractivity contribution in [2.24, 2.45) is 0 Å². The second-order valence-electron chi connectivity index (χ2n) is 6.06. The van der Waals surface area contributed by atoms with Crippen LogP contribution in [0, 0.1) is 5.82 Å². The molecular weight excluding hydrogens is 393 g/mol. The topological polar surface area (TPSA) is 46.1 Å². The third-order valence-corrected chi connectivity index (χ3v) is 5.92. The second kappa shape index (κ2) is 8.08. The van der Waals surface area contributed by atoms with E-state index in [0.717, 1.165) is 21.6 Å². The molecule has 0 aliphatic rings. The first-order chi connectivity index (χ1) is 13.6. The highest BCUT2D eigenvalue weighted by Gasteiger charge is 2.20. The van der Waals surface area contributed by atoms with E-state index < -0.39 is 5.82 Å². The second-order valence-corrected chi connectivity index (χ2v) is 7.89. The number of benzene rings is 2. The number of para-hydroxylation sites is 2. The molecule has 0 atom stereocenters.